The lowest BCUT2D eigenvalue weighted by Gasteiger charge is -2.29. The van der Waals surface area contributed by atoms with Gasteiger partial charge in [-0.3, -0.25) is 19.2 Å². The van der Waals surface area contributed by atoms with Crippen LogP contribution in [0.5, 0.6) is 0 Å². The SMILES string of the molecule is CC(C)C[C@H](NC(=O)c1ccc(C(C)(C)C)cc1)C(=O)N1CC=C2[C@H]1C(=O)CN2C(=O)[C@@H](N)CC(C)C. The maximum Gasteiger partial charge on any atom is 0.251 e. The molecule has 0 saturated carbocycles. The van der Waals surface area contributed by atoms with Crippen LogP contribution in [0.2, 0.25) is 0 Å². The van der Waals surface area contributed by atoms with Gasteiger partial charge in [0.15, 0.2) is 5.78 Å². The Labute approximate surface area is 220 Å². The second-order valence-electron chi connectivity index (χ2n) is 12.1. The van der Waals surface area contributed by atoms with Crippen LogP contribution in [0.25, 0.3) is 0 Å². The third kappa shape index (κ3) is 6.47. The van der Waals surface area contributed by atoms with Crippen LogP contribution in [0.1, 0.15) is 77.2 Å². The number of benzene rings is 1. The van der Waals surface area contributed by atoms with Gasteiger partial charge in [-0.25, -0.2) is 0 Å². The van der Waals surface area contributed by atoms with Crippen LogP contribution in [0.15, 0.2) is 36.0 Å². The van der Waals surface area contributed by atoms with Crippen LogP contribution in [0.3, 0.4) is 0 Å². The molecule has 3 amide bonds. The van der Waals surface area contributed by atoms with E-state index in [2.05, 4.69) is 26.1 Å². The van der Waals surface area contributed by atoms with Gasteiger partial charge in [-0.15, -0.1) is 0 Å². The first-order valence-corrected chi connectivity index (χ1v) is 13.2. The molecule has 0 unspecified atom stereocenters. The predicted molar refractivity (Wildman–Crippen MR) is 144 cm³/mol. The zero-order chi connectivity index (χ0) is 27.7. The molecule has 3 atom stereocenters. The van der Waals surface area contributed by atoms with Crippen molar-refractivity contribution in [1.82, 2.24) is 15.1 Å². The summed E-state index contributed by atoms with van der Waals surface area (Å²) in [5, 5.41) is 2.90. The highest BCUT2D eigenvalue weighted by Crippen LogP contribution is 2.31. The highest BCUT2D eigenvalue weighted by Gasteiger charge is 2.48. The maximum absolute atomic E-state index is 13.7. The maximum atomic E-state index is 13.7. The number of nitrogens with zero attached hydrogens (tertiary/aromatic N) is 2. The molecule has 3 N–H and O–H groups in total. The highest BCUT2D eigenvalue weighted by molar-refractivity contribution is 6.03. The number of hydrogen-bond acceptors (Lipinski definition) is 5. The third-order valence-corrected chi connectivity index (χ3v) is 6.93. The lowest BCUT2D eigenvalue weighted by molar-refractivity contribution is -0.137. The second-order valence-corrected chi connectivity index (χ2v) is 12.1. The van der Waals surface area contributed by atoms with Gasteiger partial charge in [0, 0.05) is 17.8 Å². The Morgan fingerprint density at radius 3 is 2.14 bits per heavy atom. The Kier molecular flexibility index (Phi) is 8.63. The molecular formula is C29H42N4O4. The number of likely N-dealkylation sites (tertiary alicyclic amines) is 1. The van der Waals surface area contributed by atoms with Gasteiger partial charge in [-0.05, 0) is 53.9 Å². The van der Waals surface area contributed by atoms with E-state index >= 15 is 0 Å². The summed E-state index contributed by atoms with van der Waals surface area (Å²) in [5.41, 5.74) is 8.18. The van der Waals surface area contributed by atoms with Crippen molar-refractivity contribution in [3.63, 3.8) is 0 Å². The molecule has 1 aromatic carbocycles. The van der Waals surface area contributed by atoms with E-state index in [0.29, 0.717) is 24.1 Å². The summed E-state index contributed by atoms with van der Waals surface area (Å²) < 4.78 is 0. The summed E-state index contributed by atoms with van der Waals surface area (Å²) in [4.78, 5) is 55.6. The molecule has 8 heteroatoms. The van der Waals surface area contributed by atoms with E-state index in [1.807, 2.05) is 39.8 Å². The van der Waals surface area contributed by atoms with Gasteiger partial charge in [0.2, 0.25) is 11.8 Å². The zero-order valence-corrected chi connectivity index (χ0v) is 23.2. The number of fused-ring (bicyclic) bond motifs is 1. The van der Waals surface area contributed by atoms with Gasteiger partial charge in [-0.2, -0.15) is 0 Å². The monoisotopic (exact) mass is 510 g/mol. The fourth-order valence-corrected chi connectivity index (χ4v) is 4.99. The number of hydrogen-bond donors (Lipinski definition) is 2. The van der Waals surface area contributed by atoms with E-state index in [9.17, 15) is 19.2 Å². The molecule has 0 spiro atoms. The first-order valence-electron chi connectivity index (χ1n) is 13.2. The number of rotatable bonds is 8. The predicted octanol–water partition coefficient (Wildman–Crippen LogP) is 3.01. The van der Waals surface area contributed by atoms with E-state index in [-0.39, 0.29) is 53.8 Å². The largest absolute Gasteiger partial charge is 0.340 e. The molecule has 3 rings (SSSR count). The molecule has 0 aliphatic carbocycles. The molecule has 8 nitrogen and oxygen atoms in total. The zero-order valence-electron chi connectivity index (χ0n) is 23.2. The molecule has 1 saturated heterocycles. The molecule has 0 bridgehead atoms. The number of amides is 3. The number of nitrogens with one attached hydrogen (secondary N) is 1. The van der Waals surface area contributed by atoms with Crippen LogP contribution in [0, 0.1) is 11.8 Å². The molecule has 202 valence electrons. The Morgan fingerprint density at radius 2 is 1.59 bits per heavy atom. The Bertz CT molecular complexity index is 1070. The van der Waals surface area contributed by atoms with Gasteiger partial charge < -0.3 is 20.9 Å². The van der Waals surface area contributed by atoms with Crippen molar-refractivity contribution < 1.29 is 19.2 Å². The molecule has 0 aromatic heterocycles. The first kappa shape index (κ1) is 28.6. The number of carbonyl (C=O) groups is 4. The van der Waals surface area contributed by atoms with Gasteiger partial charge in [-0.1, -0.05) is 60.6 Å². The molecule has 2 aliphatic rings. The van der Waals surface area contributed by atoms with Crippen LogP contribution < -0.4 is 11.1 Å². The minimum atomic E-state index is -0.819. The van der Waals surface area contributed by atoms with Gasteiger partial charge >= 0.3 is 0 Å². The lowest BCUT2D eigenvalue weighted by atomic mass is 9.86. The molecular weight excluding hydrogens is 468 g/mol. The minimum absolute atomic E-state index is 0.0343. The summed E-state index contributed by atoms with van der Waals surface area (Å²) in [6.45, 7) is 14.4. The van der Waals surface area contributed by atoms with E-state index in [0.717, 1.165) is 5.56 Å². The van der Waals surface area contributed by atoms with Gasteiger partial charge in [0.05, 0.1) is 12.6 Å². The van der Waals surface area contributed by atoms with Crippen molar-refractivity contribution in [1.29, 1.82) is 0 Å². The molecule has 0 radical (unpaired) electrons. The summed E-state index contributed by atoms with van der Waals surface area (Å²) in [6.07, 6.45) is 2.70. The molecule has 2 aliphatic heterocycles. The summed E-state index contributed by atoms with van der Waals surface area (Å²) in [6, 6.07) is 5.09. The smallest absolute Gasteiger partial charge is 0.251 e. The van der Waals surface area contributed by atoms with E-state index in [1.54, 1.807) is 18.2 Å². The first-order chi connectivity index (χ1) is 17.2. The van der Waals surface area contributed by atoms with E-state index in [4.69, 9.17) is 5.73 Å². The fraction of sp³-hybridized carbons (Fsp3) is 0.586. The lowest BCUT2D eigenvalue weighted by Crippen LogP contribution is -2.52. The Morgan fingerprint density at radius 1 is 1.00 bits per heavy atom. The van der Waals surface area contributed by atoms with Crippen LogP contribution in [-0.2, 0) is 19.8 Å². The summed E-state index contributed by atoms with van der Waals surface area (Å²) >= 11 is 0. The molecule has 2 heterocycles. The quantitative estimate of drug-likeness (QED) is 0.558. The van der Waals surface area contributed by atoms with Crippen LogP contribution >= 0.6 is 0 Å². The van der Waals surface area contributed by atoms with Crippen molar-refractivity contribution in [3.05, 3.63) is 47.2 Å². The average molecular weight is 511 g/mol. The standard InChI is InChI=1S/C29H42N4O4/c1-17(2)14-21(30)27(36)33-16-24(34)25-23(33)12-13-32(25)28(37)22(15-18(3)4)31-26(35)19-8-10-20(11-9-19)29(5,6)7/h8-12,17-18,21-22,25H,13-16,30H2,1-7H3,(H,31,35)/t21-,22-,25-/m0/s1. The molecule has 1 fully saturated rings. The number of ketones is 1. The van der Waals surface area contributed by atoms with Crippen LogP contribution in [-0.4, -0.2) is 64.5 Å². The van der Waals surface area contributed by atoms with Crippen molar-refractivity contribution in [2.24, 2.45) is 17.6 Å². The molecule has 37 heavy (non-hydrogen) atoms. The van der Waals surface area contributed by atoms with Crippen molar-refractivity contribution in [3.8, 4) is 0 Å². The highest BCUT2D eigenvalue weighted by atomic mass is 16.2. The number of Topliss-reactive ketones (excluding diaryl/α,β-unsaturated/α-hetero) is 1. The van der Waals surface area contributed by atoms with Gasteiger partial charge in [0.25, 0.3) is 5.91 Å². The number of carbonyl (C=O) groups excluding carboxylic acids is 4. The Balaban J connectivity index is 1.75. The summed E-state index contributed by atoms with van der Waals surface area (Å²) in [7, 11) is 0. The average Bonchev–Trinajstić information content (AvgIpc) is 3.37. The van der Waals surface area contributed by atoms with Crippen LogP contribution in [0.4, 0.5) is 0 Å². The fourth-order valence-electron chi connectivity index (χ4n) is 4.99. The normalized spacial score (nSPS) is 19.2. The van der Waals surface area contributed by atoms with E-state index in [1.165, 1.54) is 9.80 Å². The Hall–Kier alpha value is -3.00. The topological polar surface area (TPSA) is 113 Å². The van der Waals surface area contributed by atoms with Crippen molar-refractivity contribution >= 4 is 23.5 Å². The third-order valence-electron chi connectivity index (χ3n) is 6.93. The van der Waals surface area contributed by atoms with Gasteiger partial charge in [0.1, 0.15) is 12.1 Å². The second kappa shape index (κ2) is 11.2. The van der Waals surface area contributed by atoms with E-state index < -0.39 is 18.1 Å². The van der Waals surface area contributed by atoms with Crippen molar-refractivity contribution in [2.45, 2.75) is 84.8 Å². The summed E-state index contributed by atoms with van der Waals surface area (Å²) in [5.74, 6) is -0.780. The van der Waals surface area contributed by atoms with Crippen molar-refractivity contribution in [2.75, 3.05) is 13.1 Å². The number of nitrogens with two attached hydrogens (primary N) is 1. The minimum Gasteiger partial charge on any atom is -0.340 e. The molecule has 1 aromatic rings.